The molecule has 0 saturated carbocycles. The van der Waals surface area contributed by atoms with E-state index >= 15 is 0 Å². The van der Waals surface area contributed by atoms with E-state index in [1.165, 1.54) is 6.42 Å². The highest BCUT2D eigenvalue weighted by atomic mass is 16.2. The van der Waals surface area contributed by atoms with Crippen molar-refractivity contribution in [3.8, 4) is 0 Å². The second-order valence-corrected chi connectivity index (χ2v) is 5.55. The molecule has 17 heavy (non-hydrogen) atoms. The highest BCUT2D eigenvalue weighted by Crippen LogP contribution is 2.20. The summed E-state index contributed by atoms with van der Waals surface area (Å²) in [4.78, 5) is 12.2. The van der Waals surface area contributed by atoms with Crippen LogP contribution in [0, 0.1) is 5.92 Å². The minimum Gasteiger partial charge on any atom is -0.351 e. The van der Waals surface area contributed by atoms with Gasteiger partial charge in [-0.2, -0.15) is 0 Å². The van der Waals surface area contributed by atoms with E-state index < -0.39 is 0 Å². The van der Waals surface area contributed by atoms with Gasteiger partial charge in [0.05, 0.1) is 0 Å². The summed E-state index contributed by atoms with van der Waals surface area (Å²) in [7, 11) is 0. The Balaban J connectivity index is 2.44. The topological polar surface area (TPSA) is 41.1 Å². The van der Waals surface area contributed by atoms with Crippen LogP contribution in [0.15, 0.2) is 0 Å². The van der Waals surface area contributed by atoms with Gasteiger partial charge in [-0.15, -0.1) is 0 Å². The normalized spacial score (nSPS) is 20.9. The molecule has 0 bridgehead atoms. The van der Waals surface area contributed by atoms with Crippen LogP contribution < -0.4 is 10.6 Å². The molecule has 1 rings (SSSR count). The second kappa shape index (κ2) is 7.00. The third-order valence-corrected chi connectivity index (χ3v) is 3.90. The van der Waals surface area contributed by atoms with Crippen LogP contribution >= 0.6 is 0 Å². The molecule has 1 atom stereocenters. The Labute approximate surface area is 106 Å². The van der Waals surface area contributed by atoms with Crippen LogP contribution in [0.5, 0.6) is 0 Å². The standard InChI is InChI=1S/C14H28N2O/c1-4-6-7-12(5-2)13(17)16-14(3)8-10-15-11-9-14/h12,15H,4-11H2,1-3H3,(H,16,17). The monoisotopic (exact) mass is 240 g/mol. The fourth-order valence-electron chi connectivity index (χ4n) is 2.47. The van der Waals surface area contributed by atoms with Crippen molar-refractivity contribution in [3.05, 3.63) is 0 Å². The zero-order valence-corrected chi connectivity index (χ0v) is 11.6. The van der Waals surface area contributed by atoms with Crippen molar-refractivity contribution in [2.45, 2.75) is 64.8 Å². The fourth-order valence-corrected chi connectivity index (χ4v) is 2.47. The van der Waals surface area contributed by atoms with Gasteiger partial charge in [-0.05, 0) is 45.7 Å². The van der Waals surface area contributed by atoms with Crippen molar-refractivity contribution in [2.24, 2.45) is 5.92 Å². The molecule has 1 unspecified atom stereocenters. The highest BCUT2D eigenvalue weighted by molar-refractivity contribution is 5.79. The van der Waals surface area contributed by atoms with E-state index in [0.29, 0.717) is 0 Å². The summed E-state index contributed by atoms with van der Waals surface area (Å²) < 4.78 is 0. The minimum absolute atomic E-state index is 0.0158. The first-order chi connectivity index (χ1) is 8.11. The van der Waals surface area contributed by atoms with Crippen LogP contribution in [0.2, 0.25) is 0 Å². The Morgan fingerprint density at radius 1 is 1.35 bits per heavy atom. The molecule has 0 aliphatic carbocycles. The number of hydrogen-bond acceptors (Lipinski definition) is 2. The molecular formula is C14H28N2O. The Kier molecular flexibility index (Phi) is 5.96. The Hall–Kier alpha value is -0.570. The van der Waals surface area contributed by atoms with Crippen molar-refractivity contribution in [1.29, 1.82) is 0 Å². The second-order valence-electron chi connectivity index (χ2n) is 5.55. The minimum atomic E-state index is 0.0158. The molecule has 1 saturated heterocycles. The van der Waals surface area contributed by atoms with Gasteiger partial charge in [0.2, 0.25) is 5.91 Å². The van der Waals surface area contributed by atoms with Crippen LogP contribution in [0.1, 0.15) is 59.3 Å². The molecule has 0 aromatic rings. The molecule has 1 heterocycles. The Morgan fingerprint density at radius 2 is 2.00 bits per heavy atom. The van der Waals surface area contributed by atoms with Crippen LogP contribution in [0.4, 0.5) is 0 Å². The third-order valence-electron chi connectivity index (χ3n) is 3.90. The molecule has 0 radical (unpaired) electrons. The predicted octanol–water partition coefficient (Wildman–Crippen LogP) is 2.46. The van der Waals surface area contributed by atoms with Gasteiger partial charge in [-0.25, -0.2) is 0 Å². The molecule has 1 aliphatic rings. The van der Waals surface area contributed by atoms with E-state index in [9.17, 15) is 4.79 Å². The van der Waals surface area contributed by atoms with Crippen molar-refractivity contribution in [2.75, 3.05) is 13.1 Å². The quantitative estimate of drug-likeness (QED) is 0.749. The van der Waals surface area contributed by atoms with Crippen LogP contribution in [0.3, 0.4) is 0 Å². The van der Waals surface area contributed by atoms with Gasteiger partial charge in [0.15, 0.2) is 0 Å². The molecule has 2 N–H and O–H groups in total. The Bertz CT molecular complexity index is 234. The molecule has 1 amide bonds. The van der Waals surface area contributed by atoms with Gasteiger partial charge in [-0.1, -0.05) is 26.7 Å². The van der Waals surface area contributed by atoms with Gasteiger partial charge < -0.3 is 10.6 Å². The number of nitrogens with one attached hydrogen (secondary N) is 2. The van der Waals surface area contributed by atoms with E-state index in [4.69, 9.17) is 0 Å². The highest BCUT2D eigenvalue weighted by Gasteiger charge is 2.30. The third kappa shape index (κ3) is 4.66. The summed E-state index contributed by atoms with van der Waals surface area (Å²) >= 11 is 0. The molecule has 0 aromatic carbocycles. The molecule has 1 fully saturated rings. The van der Waals surface area contributed by atoms with Crippen LogP contribution in [-0.4, -0.2) is 24.5 Å². The molecule has 3 nitrogen and oxygen atoms in total. The van der Waals surface area contributed by atoms with E-state index in [2.05, 4.69) is 31.4 Å². The lowest BCUT2D eigenvalue weighted by Gasteiger charge is -2.36. The molecule has 3 heteroatoms. The van der Waals surface area contributed by atoms with E-state index in [0.717, 1.165) is 45.2 Å². The van der Waals surface area contributed by atoms with Gasteiger partial charge in [0.25, 0.3) is 0 Å². The summed E-state index contributed by atoms with van der Waals surface area (Å²) in [6.45, 7) is 8.51. The number of rotatable bonds is 6. The number of hydrogen-bond donors (Lipinski definition) is 2. The number of carbonyl (C=O) groups is 1. The largest absolute Gasteiger partial charge is 0.351 e. The molecule has 100 valence electrons. The van der Waals surface area contributed by atoms with Gasteiger partial charge >= 0.3 is 0 Å². The average Bonchev–Trinajstić information content (AvgIpc) is 2.30. The van der Waals surface area contributed by atoms with E-state index in [1.54, 1.807) is 0 Å². The van der Waals surface area contributed by atoms with Crippen molar-refractivity contribution >= 4 is 5.91 Å². The molecule has 0 aromatic heterocycles. The first-order valence-electron chi connectivity index (χ1n) is 7.14. The maximum atomic E-state index is 12.2. The van der Waals surface area contributed by atoms with Crippen molar-refractivity contribution in [1.82, 2.24) is 10.6 Å². The summed E-state index contributed by atoms with van der Waals surface area (Å²) in [5.74, 6) is 0.479. The SMILES string of the molecule is CCCCC(CC)C(=O)NC1(C)CCNCC1. The zero-order valence-electron chi connectivity index (χ0n) is 11.6. The maximum absolute atomic E-state index is 12.2. The maximum Gasteiger partial charge on any atom is 0.223 e. The molecule has 1 aliphatic heterocycles. The molecule has 0 spiro atoms. The lowest BCUT2D eigenvalue weighted by atomic mass is 9.89. The number of unbranched alkanes of at least 4 members (excludes halogenated alkanes) is 1. The lowest BCUT2D eigenvalue weighted by Crippen LogP contribution is -2.53. The fraction of sp³-hybridized carbons (Fsp3) is 0.929. The van der Waals surface area contributed by atoms with E-state index in [1.807, 2.05) is 0 Å². The summed E-state index contributed by atoms with van der Waals surface area (Å²) in [5.41, 5.74) is 0.0158. The van der Waals surface area contributed by atoms with Gasteiger partial charge in [-0.3, -0.25) is 4.79 Å². The van der Waals surface area contributed by atoms with Crippen molar-refractivity contribution in [3.63, 3.8) is 0 Å². The number of amides is 1. The van der Waals surface area contributed by atoms with Crippen molar-refractivity contribution < 1.29 is 4.79 Å². The summed E-state index contributed by atoms with van der Waals surface area (Å²) in [6.07, 6.45) is 6.41. The lowest BCUT2D eigenvalue weighted by molar-refractivity contribution is -0.127. The van der Waals surface area contributed by atoms with Gasteiger partial charge in [0, 0.05) is 11.5 Å². The summed E-state index contributed by atoms with van der Waals surface area (Å²) in [5, 5.41) is 6.62. The zero-order chi connectivity index (χ0) is 12.7. The van der Waals surface area contributed by atoms with Crippen LogP contribution in [0.25, 0.3) is 0 Å². The predicted molar refractivity (Wildman–Crippen MR) is 72.0 cm³/mol. The van der Waals surface area contributed by atoms with E-state index in [-0.39, 0.29) is 17.4 Å². The first kappa shape index (κ1) is 14.5. The van der Waals surface area contributed by atoms with Gasteiger partial charge in [0.1, 0.15) is 0 Å². The first-order valence-corrected chi connectivity index (χ1v) is 7.14. The number of carbonyl (C=O) groups excluding carboxylic acids is 1. The number of piperidine rings is 1. The Morgan fingerprint density at radius 3 is 2.53 bits per heavy atom. The average molecular weight is 240 g/mol. The van der Waals surface area contributed by atoms with Crippen LogP contribution in [-0.2, 0) is 4.79 Å². The summed E-state index contributed by atoms with van der Waals surface area (Å²) in [6, 6.07) is 0. The smallest absolute Gasteiger partial charge is 0.223 e. The molecular weight excluding hydrogens is 212 g/mol.